The van der Waals surface area contributed by atoms with E-state index in [0.717, 1.165) is 0 Å². The number of nitrogens with two attached hydrogens (primary N) is 2. The quantitative estimate of drug-likeness (QED) is 0.0218. The van der Waals surface area contributed by atoms with E-state index in [1.54, 1.807) is 77.4 Å². The molecule has 0 saturated heterocycles. The Morgan fingerprint density at radius 1 is 0.688 bits per heavy atom. The summed E-state index contributed by atoms with van der Waals surface area (Å²) < 4.78 is 39.9. The van der Waals surface area contributed by atoms with Crippen LogP contribution in [0.2, 0.25) is 0 Å². The molecule has 6 rings (SSSR count). The van der Waals surface area contributed by atoms with Crippen LogP contribution in [0.25, 0.3) is 22.1 Å². The maximum absolute atomic E-state index is 13.9. The van der Waals surface area contributed by atoms with Crippen LogP contribution in [-0.4, -0.2) is 145 Å². The highest BCUT2D eigenvalue weighted by atomic mass is 16.6. The average Bonchev–Trinajstić information content (AvgIpc) is 4.17. The van der Waals surface area contributed by atoms with Crippen molar-refractivity contribution in [1.82, 2.24) is 49.3 Å². The third-order valence-corrected chi connectivity index (χ3v) is 11.7. The van der Waals surface area contributed by atoms with Gasteiger partial charge in [0.25, 0.3) is 11.8 Å². The van der Waals surface area contributed by atoms with Crippen molar-refractivity contribution in [3.63, 3.8) is 0 Å². The van der Waals surface area contributed by atoms with Gasteiger partial charge in [0.15, 0.2) is 0 Å². The first-order valence-corrected chi connectivity index (χ1v) is 25.9. The van der Waals surface area contributed by atoms with Gasteiger partial charge in [0.2, 0.25) is 29.6 Å². The molecule has 0 fully saturated rings. The first kappa shape index (κ1) is 60.4. The number of nitrogens with one attached hydrogen (secondary N) is 4. The number of aromatic nitrogens is 8. The third kappa shape index (κ3) is 16.1. The number of nitrogens with zero attached hydrogens (tertiary/aromatic N) is 8. The second-order valence-electron chi connectivity index (χ2n) is 19.1. The molecule has 430 valence electrons. The molecular formula is C53H70N14O13. The zero-order valence-corrected chi connectivity index (χ0v) is 46.4. The second kappa shape index (κ2) is 27.6. The van der Waals surface area contributed by atoms with Crippen LogP contribution in [0.5, 0.6) is 11.5 Å². The number of carbonyl (C=O) groups is 7. The van der Waals surface area contributed by atoms with E-state index in [1.165, 1.54) is 38.3 Å². The average molecular weight is 1110 g/mol. The Morgan fingerprint density at radius 3 is 1.70 bits per heavy atom. The Kier molecular flexibility index (Phi) is 20.9. The Morgan fingerprint density at radius 2 is 1.20 bits per heavy atom. The zero-order valence-electron chi connectivity index (χ0n) is 46.4. The minimum atomic E-state index is -0.970. The van der Waals surface area contributed by atoms with Crippen molar-refractivity contribution in [2.24, 2.45) is 11.5 Å². The molecule has 0 radical (unpaired) electrons. The number of aryl methyl sites for hydroxylation is 4. The van der Waals surface area contributed by atoms with Gasteiger partial charge < -0.3 is 59.7 Å². The molecule has 4 aromatic heterocycles. The van der Waals surface area contributed by atoms with Gasteiger partial charge in [0, 0.05) is 56.7 Å². The maximum Gasteiger partial charge on any atom is 0.407 e. The molecule has 6 amide bonds. The van der Waals surface area contributed by atoms with Gasteiger partial charge >= 0.3 is 12.1 Å². The lowest BCUT2D eigenvalue weighted by molar-refractivity contribution is -0.147. The highest BCUT2D eigenvalue weighted by molar-refractivity contribution is 6.05. The van der Waals surface area contributed by atoms with E-state index in [1.807, 2.05) is 13.8 Å². The van der Waals surface area contributed by atoms with Gasteiger partial charge in [0.1, 0.15) is 45.6 Å². The van der Waals surface area contributed by atoms with Crippen LogP contribution in [0, 0.1) is 13.8 Å². The summed E-state index contributed by atoms with van der Waals surface area (Å²) in [7, 11) is 1.43. The molecule has 0 bridgehead atoms. The Hall–Kier alpha value is -8.85. The van der Waals surface area contributed by atoms with Gasteiger partial charge in [-0.3, -0.25) is 44.0 Å². The number of alkyl carbamates (subject to hydrolysis) is 1. The number of esters is 1. The van der Waals surface area contributed by atoms with Gasteiger partial charge in [-0.2, -0.15) is 10.2 Å². The van der Waals surface area contributed by atoms with Crippen molar-refractivity contribution in [3.05, 3.63) is 82.5 Å². The summed E-state index contributed by atoms with van der Waals surface area (Å²) in [5.74, 6) is -2.92. The molecule has 8 N–H and O–H groups in total. The third-order valence-electron chi connectivity index (χ3n) is 11.7. The fraction of sp³-hybridized carbons (Fsp3) is 0.453. The SMILES string of the molecule is CCn1nc(C)cc1C(=O)Nc1nc2cc(C(N)=O)cc(OC)c2n1C/C=C/Cn1c(NC(=O)c2cc(C)nn2CC)nc2cc(C(N)=O)cc(OCCCOC(=O)[C@H](C)NC(=O)CCOCCOCCNC(=O)OC(C)(C)C)c21. The van der Waals surface area contributed by atoms with Crippen LogP contribution in [0.1, 0.15) is 107 Å². The van der Waals surface area contributed by atoms with Crippen LogP contribution >= 0.6 is 0 Å². The molecule has 27 heteroatoms. The van der Waals surface area contributed by atoms with E-state index in [4.69, 9.17) is 44.9 Å². The van der Waals surface area contributed by atoms with Gasteiger partial charge in [-0.15, -0.1) is 0 Å². The summed E-state index contributed by atoms with van der Waals surface area (Å²) in [6.07, 6.45) is 3.19. The summed E-state index contributed by atoms with van der Waals surface area (Å²) >= 11 is 0. The standard InChI is InChI=1S/C53H70N14O13/c1-10-66-38(25-31(3)62-66)47(71)60-50-58-36-27-34(45(54)69)29-40(75-9)43(36)64(50)17-12-13-18-65-44-37(59-51(65)61-48(72)39-26-32(4)63-67(39)11-2)28-35(46(55)70)30-41(44)78-19-14-20-79-49(73)33(5)57-42(68)15-21-76-23-24-77-22-16-56-52(74)80-53(6,7)8/h12-13,25-30,33H,10-11,14-24H2,1-9H3,(H2,54,69)(H2,55,70)(H,56,74)(H,57,68)(H,58,60,71)(H,59,61,72)/b13-12+/t33-/m0/s1. The van der Waals surface area contributed by atoms with Crippen LogP contribution in [-0.2, 0) is 54.7 Å². The molecule has 0 aliphatic rings. The first-order chi connectivity index (χ1) is 38.1. The van der Waals surface area contributed by atoms with Crippen LogP contribution in [0.3, 0.4) is 0 Å². The number of imidazole rings is 2. The van der Waals surface area contributed by atoms with Gasteiger partial charge in [-0.1, -0.05) is 12.2 Å². The Labute approximate surface area is 461 Å². The van der Waals surface area contributed by atoms with E-state index in [9.17, 15) is 33.6 Å². The lowest BCUT2D eigenvalue weighted by Gasteiger charge is -2.19. The molecule has 0 saturated carbocycles. The lowest BCUT2D eigenvalue weighted by Crippen LogP contribution is -2.40. The highest BCUT2D eigenvalue weighted by Crippen LogP contribution is 2.33. The number of amides is 6. The van der Waals surface area contributed by atoms with Crippen LogP contribution in [0.15, 0.2) is 48.6 Å². The van der Waals surface area contributed by atoms with Crippen LogP contribution < -0.4 is 42.2 Å². The lowest BCUT2D eigenvalue weighted by atomic mass is 10.1. The minimum absolute atomic E-state index is 0.0173. The number of ether oxygens (including phenoxy) is 6. The maximum atomic E-state index is 13.9. The van der Waals surface area contributed by atoms with Gasteiger partial charge in [0.05, 0.1) is 69.2 Å². The molecule has 0 aliphatic carbocycles. The number of hydrogen-bond acceptors (Lipinski definition) is 17. The first-order valence-electron chi connectivity index (χ1n) is 25.9. The van der Waals surface area contributed by atoms with Gasteiger partial charge in [-0.05, 0) is 91.8 Å². The monoisotopic (exact) mass is 1110 g/mol. The van der Waals surface area contributed by atoms with Crippen molar-refractivity contribution in [2.75, 3.05) is 63.9 Å². The normalized spacial score (nSPS) is 11.9. The van der Waals surface area contributed by atoms with E-state index in [-0.39, 0.29) is 118 Å². The number of rotatable bonds is 29. The number of fused-ring (bicyclic) bond motifs is 2. The number of methoxy groups -OCH3 is 1. The summed E-state index contributed by atoms with van der Waals surface area (Å²) in [6.45, 7) is 16.0. The number of benzene rings is 2. The molecular weight excluding hydrogens is 1040 g/mol. The predicted molar refractivity (Wildman–Crippen MR) is 293 cm³/mol. The van der Waals surface area contributed by atoms with Crippen molar-refractivity contribution in [3.8, 4) is 11.5 Å². The topological polar surface area (TPSA) is 346 Å². The Bertz CT molecular complexity index is 3260. The van der Waals surface area contributed by atoms with E-state index in [0.29, 0.717) is 46.7 Å². The van der Waals surface area contributed by atoms with Crippen molar-refractivity contribution < 1.29 is 62.0 Å². The molecule has 2 aromatic carbocycles. The molecule has 4 heterocycles. The van der Waals surface area contributed by atoms with Crippen molar-refractivity contribution in [2.45, 2.75) is 106 Å². The van der Waals surface area contributed by atoms with E-state index < -0.39 is 53.2 Å². The number of anilines is 2. The van der Waals surface area contributed by atoms with Crippen molar-refractivity contribution >= 4 is 75.6 Å². The summed E-state index contributed by atoms with van der Waals surface area (Å²) in [6, 6.07) is 8.24. The van der Waals surface area contributed by atoms with E-state index >= 15 is 0 Å². The largest absolute Gasteiger partial charge is 0.494 e. The van der Waals surface area contributed by atoms with E-state index in [2.05, 4.69) is 36.4 Å². The highest BCUT2D eigenvalue weighted by Gasteiger charge is 2.25. The Balaban J connectivity index is 1.15. The van der Waals surface area contributed by atoms with Gasteiger partial charge in [-0.25, -0.2) is 19.6 Å². The molecule has 0 spiro atoms. The van der Waals surface area contributed by atoms with Crippen LogP contribution in [0.4, 0.5) is 16.7 Å². The van der Waals surface area contributed by atoms with Crippen molar-refractivity contribution in [1.29, 1.82) is 0 Å². The summed E-state index contributed by atoms with van der Waals surface area (Å²) in [5, 5.41) is 19.8. The summed E-state index contributed by atoms with van der Waals surface area (Å²) in [5.41, 5.74) is 14.3. The summed E-state index contributed by atoms with van der Waals surface area (Å²) in [4.78, 5) is 99.2. The fourth-order valence-corrected chi connectivity index (χ4v) is 8.12. The number of hydrogen-bond donors (Lipinski definition) is 6. The predicted octanol–water partition coefficient (Wildman–Crippen LogP) is 4.17. The number of carbonyl (C=O) groups excluding carboxylic acids is 7. The molecule has 80 heavy (non-hydrogen) atoms. The zero-order chi connectivity index (χ0) is 58.3. The molecule has 0 aliphatic heterocycles. The fourth-order valence-electron chi connectivity index (χ4n) is 8.12. The molecule has 6 aromatic rings. The second-order valence-corrected chi connectivity index (χ2v) is 19.1. The molecule has 0 unspecified atom stereocenters. The molecule has 1 atom stereocenters. The minimum Gasteiger partial charge on any atom is -0.494 e. The number of allylic oxidation sites excluding steroid dienone is 2. The molecule has 27 nitrogen and oxygen atoms in total. The number of primary amides is 2. The smallest absolute Gasteiger partial charge is 0.407 e.